The van der Waals surface area contributed by atoms with Gasteiger partial charge in [-0.2, -0.15) is 0 Å². The van der Waals surface area contributed by atoms with Crippen molar-refractivity contribution in [1.82, 2.24) is 5.32 Å². The fourth-order valence-corrected chi connectivity index (χ4v) is 3.37. The molecule has 1 aliphatic carbocycles. The van der Waals surface area contributed by atoms with Crippen LogP contribution >= 0.6 is 0 Å². The van der Waals surface area contributed by atoms with Crippen LogP contribution in [0.3, 0.4) is 0 Å². The van der Waals surface area contributed by atoms with Crippen molar-refractivity contribution in [3.63, 3.8) is 0 Å². The highest BCUT2D eigenvalue weighted by Gasteiger charge is 2.31. The molecule has 6 heteroatoms. The average Bonchev–Trinajstić information content (AvgIpc) is 2.83. The Hall–Kier alpha value is -2.18. The predicted octanol–water partition coefficient (Wildman–Crippen LogP) is 2.20. The van der Waals surface area contributed by atoms with E-state index in [0.29, 0.717) is 17.0 Å². The molecule has 3 atom stereocenters. The number of hydrogen-bond acceptors (Lipinski definition) is 3. The Morgan fingerprint density at radius 3 is 2.78 bits per heavy atom. The van der Waals surface area contributed by atoms with Crippen LogP contribution in [-0.2, 0) is 17.2 Å². The second kappa shape index (κ2) is 6.52. The molecule has 0 fully saturated rings. The van der Waals surface area contributed by atoms with Crippen LogP contribution in [0.15, 0.2) is 53.4 Å². The third-order valence-corrected chi connectivity index (χ3v) is 4.83. The van der Waals surface area contributed by atoms with Crippen LogP contribution in [0.1, 0.15) is 17.2 Å². The minimum atomic E-state index is -1.11. The number of carbonyl (C=O) groups is 1. The summed E-state index contributed by atoms with van der Waals surface area (Å²) in [6, 6.07) is 13.8. The first-order valence-corrected chi connectivity index (χ1v) is 8.87. The number of aliphatic hydroxyl groups excluding tert-OH is 1. The van der Waals surface area contributed by atoms with Gasteiger partial charge in [-0.15, -0.1) is 0 Å². The first-order valence-electron chi connectivity index (χ1n) is 7.31. The Labute approximate surface area is 137 Å². The van der Waals surface area contributed by atoms with Gasteiger partial charge in [-0.1, -0.05) is 30.3 Å². The summed E-state index contributed by atoms with van der Waals surface area (Å²) in [5, 5.41) is 15.7. The Morgan fingerprint density at radius 2 is 2.00 bits per heavy atom. The summed E-state index contributed by atoms with van der Waals surface area (Å²) in [7, 11) is -1.11. The number of carbonyl (C=O) groups excluding carboxylic acids is 1. The largest absolute Gasteiger partial charge is 0.390 e. The maximum absolute atomic E-state index is 12.2. The SMILES string of the molecule is CS(=O)c1cccc(NC(=O)N[C@@H]2c3ccccc3C[C@@H]2O)c1. The standard InChI is InChI=1S/C17H18N2O3S/c1-23(22)13-7-4-6-12(10-13)18-17(21)19-16-14-8-3-2-5-11(14)9-15(16)20/h2-8,10,15-16,20H,9H2,1H3,(H2,18,19,21)/t15-,16+,23?/m0/s1. The third kappa shape index (κ3) is 3.43. The number of amides is 2. The van der Waals surface area contributed by atoms with Crippen molar-refractivity contribution in [1.29, 1.82) is 0 Å². The van der Waals surface area contributed by atoms with Crippen molar-refractivity contribution in [2.24, 2.45) is 0 Å². The van der Waals surface area contributed by atoms with E-state index in [9.17, 15) is 14.1 Å². The van der Waals surface area contributed by atoms with E-state index in [-0.39, 0.29) is 0 Å². The molecule has 1 unspecified atom stereocenters. The monoisotopic (exact) mass is 330 g/mol. The lowest BCUT2D eigenvalue weighted by Gasteiger charge is -2.18. The Bertz CT molecular complexity index is 763. The molecule has 0 saturated heterocycles. The summed E-state index contributed by atoms with van der Waals surface area (Å²) in [4.78, 5) is 12.8. The summed E-state index contributed by atoms with van der Waals surface area (Å²) in [5.74, 6) is 0. The van der Waals surface area contributed by atoms with E-state index < -0.39 is 29.0 Å². The van der Waals surface area contributed by atoms with Crippen molar-refractivity contribution >= 4 is 22.5 Å². The molecule has 3 N–H and O–H groups in total. The van der Waals surface area contributed by atoms with Crippen LogP contribution in [0, 0.1) is 0 Å². The molecular weight excluding hydrogens is 312 g/mol. The molecule has 120 valence electrons. The minimum Gasteiger partial charge on any atom is -0.390 e. The lowest BCUT2D eigenvalue weighted by Crippen LogP contribution is -2.36. The first-order chi connectivity index (χ1) is 11.0. The van der Waals surface area contributed by atoms with Gasteiger partial charge < -0.3 is 15.7 Å². The molecule has 0 heterocycles. The maximum Gasteiger partial charge on any atom is 0.319 e. The molecule has 0 aromatic heterocycles. The predicted molar refractivity (Wildman–Crippen MR) is 89.8 cm³/mol. The number of urea groups is 1. The molecule has 2 aromatic carbocycles. The van der Waals surface area contributed by atoms with Crippen molar-refractivity contribution in [3.8, 4) is 0 Å². The fraction of sp³-hybridized carbons (Fsp3) is 0.235. The molecule has 2 aromatic rings. The normalized spacial score (nSPS) is 20.6. The minimum absolute atomic E-state index is 0.398. The number of aliphatic hydroxyl groups is 1. The van der Waals surface area contributed by atoms with E-state index in [1.165, 1.54) is 0 Å². The van der Waals surface area contributed by atoms with Crippen molar-refractivity contribution in [3.05, 3.63) is 59.7 Å². The molecule has 0 radical (unpaired) electrons. The summed E-state index contributed by atoms with van der Waals surface area (Å²) in [5.41, 5.74) is 2.56. The van der Waals surface area contributed by atoms with Gasteiger partial charge in [0.2, 0.25) is 0 Å². The van der Waals surface area contributed by atoms with Crippen LogP contribution in [-0.4, -0.2) is 27.7 Å². The van der Waals surface area contributed by atoms with E-state index in [4.69, 9.17) is 0 Å². The molecule has 23 heavy (non-hydrogen) atoms. The van der Waals surface area contributed by atoms with Gasteiger partial charge in [-0.3, -0.25) is 4.21 Å². The van der Waals surface area contributed by atoms with E-state index >= 15 is 0 Å². The van der Waals surface area contributed by atoms with Gasteiger partial charge >= 0.3 is 6.03 Å². The molecule has 1 aliphatic rings. The van der Waals surface area contributed by atoms with E-state index in [1.54, 1.807) is 30.5 Å². The Kier molecular flexibility index (Phi) is 4.45. The van der Waals surface area contributed by atoms with Gasteiger partial charge in [0.1, 0.15) is 0 Å². The number of nitrogens with one attached hydrogen (secondary N) is 2. The van der Waals surface area contributed by atoms with Gasteiger partial charge in [0.15, 0.2) is 0 Å². The van der Waals surface area contributed by atoms with E-state index in [0.717, 1.165) is 11.1 Å². The van der Waals surface area contributed by atoms with Crippen LogP contribution < -0.4 is 10.6 Å². The zero-order chi connectivity index (χ0) is 16.4. The van der Waals surface area contributed by atoms with Gasteiger partial charge in [0.25, 0.3) is 0 Å². The van der Waals surface area contributed by atoms with Gasteiger partial charge in [-0.25, -0.2) is 4.79 Å². The number of fused-ring (bicyclic) bond motifs is 1. The number of hydrogen-bond donors (Lipinski definition) is 3. The van der Waals surface area contributed by atoms with Gasteiger partial charge in [0.05, 0.1) is 12.1 Å². The summed E-state index contributed by atoms with van der Waals surface area (Å²) >= 11 is 0. The van der Waals surface area contributed by atoms with Crippen LogP contribution in [0.4, 0.5) is 10.5 Å². The highest BCUT2D eigenvalue weighted by molar-refractivity contribution is 7.84. The third-order valence-electron chi connectivity index (χ3n) is 3.91. The highest BCUT2D eigenvalue weighted by atomic mass is 32.2. The lowest BCUT2D eigenvalue weighted by molar-refractivity contribution is 0.144. The second-order valence-corrected chi connectivity index (χ2v) is 6.91. The van der Waals surface area contributed by atoms with Crippen LogP contribution in [0.2, 0.25) is 0 Å². The summed E-state index contributed by atoms with van der Waals surface area (Å²) in [6.45, 7) is 0. The van der Waals surface area contributed by atoms with Crippen LogP contribution in [0.25, 0.3) is 0 Å². The highest BCUT2D eigenvalue weighted by Crippen LogP contribution is 2.31. The molecular formula is C17H18N2O3S. The number of rotatable bonds is 3. The fourth-order valence-electron chi connectivity index (χ4n) is 2.81. The topological polar surface area (TPSA) is 78.4 Å². The van der Waals surface area contributed by atoms with E-state index in [2.05, 4.69) is 10.6 Å². The summed E-state index contributed by atoms with van der Waals surface area (Å²) < 4.78 is 11.5. The second-order valence-electron chi connectivity index (χ2n) is 5.53. The number of benzene rings is 2. The van der Waals surface area contributed by atoms with Crippen molar-refractivity contribution in [2.75, 3.05) is 11.6 Å². The van der Waals surface area contributed by atoms with E-state index in [1.807, 2.05) is 24.3 Å². The molecule has 5 nitrogen and oxygen atoms in total. The summed E-state index contributed by atoms with van der Waals surface area (Å²) in [6.07, 6.45) is 1.49. The van der Waals surface area contributed by atoms with Crippen molar-refractivity contribution < 1.29 is 14.1 Å². The van der Waals surface area contributed by atoms with Gasteiger partial charge in [0, 0.05) is 34.1 Å². The Morgan fingerprint density at radius 1 is 1.22 bits per heavy atom. The molecule has 0 saturated carbocycles. The maximum atomic E-state index is 12.2. The smallest absolute Gasteiger partial charge is 0.319 e. The molecule has 0 bridgehead atoms. The van der Waals surface area contributed by atoms with Crippen molar-refractivity contribution in [2.45, 2.75) is 23.5 Å². The lowest BCUT2D eigenvalue weighted by atomic mass is 10.1. The molecule has 0 spiro atoms. The zero-order valence-corrected chi connectivity index (χ0v) is 13.5. The van der Waals surface area contributed by atoms with Gasteiger partial charge in [-0.05, 0) is 29.3 Å². The Balaban J connectivity index is 1.71. The number of anilines is 1. The molecule has 0 aliphatic heterocycles. The zero-order valence-electron chi connectivity index (χ0n) is 12.7. The molecule has 2 amide bonds. The quantitative estimate of drug-likeness (QED) is 0.807. The first kappa shape index (κ1) is 15.7. The average molecular weight is 330 g/mol. The van der Waals surface area contributed by atoms with Crippen LogP contribution in [0.5, 0.6) is 0 Å². The molecule has 3 rings (SSSR count).